The Morgan fingerprint density at radius 2 is 1.43 bits per heavy atom. The monoisotopic (exact) mass is 304 g/mol. The van der Waals surface area contributed by atoms with Crippen molar-refractivity contribution in [1.82, 2.24) is 0 Å². The van der Waals surface area contributed by atoms with Crippen LogP contribution >= 0.6 is 0 Å². The summed E-state index contributed by atoms with van der Waals surface area (Å²) in [5.41, 5.74) is 0.983. The predicted molar refractivity (Wildman–Crippen MR) is 80.6 cm³/mol. The molecule has 21 heavy (non-hydrogen) atoms. The molecule has 110 valence electrons. The summed E-state index contributed by atoms with van der Waals surface area (Å²) < 4.78 is 28.1. The first kappa shape index (κ1) is 15.3. The van der Waals surface area contributed by atoms with Gasteiger partial charge in [0.05, 0.1) is 11.5 Å². The SMILES string of the molecule is CCOc1ccc(C(=O)c2ccc(S(C)(=O)=O)cc2)cc1. The maximum atomic E-state index is 12.3. The van der Waals surface area contributed by atoms with Gasteiger partial charge in [-0.25, -0.2) is 8.42 Å². The minimum absolute atomic E-state index is 0.155. The molecule has 0 aliphatic carbocycles. The highest BCUT2D eigenvalue weighted by molar-refractivity contribution is 7.90. The molecule has 0 saturated heterocycles. The van der Waals surface area contributed by atoms with Crippen LogP contribution in [0, 0.1) is 0 Å². The summed E-state index contributed by atoms with van der Waals surface area (Å²) in [5, 5.41) is 0. The van der Waals surface area contributed by atoms with Gasteiger partial charge >= 0.3 is 0 Å². The first-order valence-corrected chi connectivity index (χ1v) is 8.38. The van der Waals surface area contributed by atoms with Crippen LogP contribution in [0.25, 0.3) is 0 Å². The molecule has 0 unspecified atom stereocenters. The molecule has 0 N–H and O–H groups in total. The molecular formula is C16H16O4S. The lowest BCUT2D eigenvalue weighted by molar-refractivity contribution is 0.103. The molecule has 0 amide bonds. The van der Waals surface area contributed by atoms with E-state index >= 15 is 0 Å². The lowest BCUT2D eigenvalue weighted by atomic mass is 10.0. The van der Waals surface area contributed by atoms with Crippen LogP contribution in [0.15, 0.2) is 53.4 Å². The third-order valence-corrected chi connectivity index (χ3v) is 4.10. The number of rotatable bonds is 5. The first-order valence-electron chi connectivity index (χ1n) is 6.49. The van der Waals surface area contributed by atoms with Crippen LogP contribution in [-0.2, 0) is 9.84 Å². The van der Waals surface area contributed by atoms with Crippen LogP contribution < -0.4 is 4.74 Å². The molecule has 5 heteroatoms. The topological polar surface area (TPSA) is 60.4 Å². The van der Waals surface area contributed by atoms with E-state index in [1.165, 1.54) is 24.3 Å². The largest absolute Gasteiger partial charge is 0.494 e. The van der Waals surface area contributed by atoms with Crippen molar-refractivity contribution >= 4 is 15.6 Å². The lowest BCUT2D eigenvalue weighted by Crippen LogP contribution is -2.03. The Kier molecular flexibility index (Phi) is 4.43. The minimum atomic E-state index is -3.25. The fourth-order valence-corrected chi connectivity index (χ4v) is 2.52. The number of ketones is 1. The molecule has 0 aromatic heterocycles. The van der Waals surface area contributed by atoms with Crippen molar-refractivity contribution in [2.75, 3.05) is 12.9 Å². The van der Waals surface area contributed by atoms with E-state index in [4.69, 9.17) is 4.74 Å². The van der Waals surface area contributed by atoms with Crippen molar-refractivity contribution in [3.05, 3.63) is 59.7 Å². The molecule has 0 heterocycles. The zero-order chi connectivity index (χ0) is 15.5. The Balaban J connectivity index is 2.23. The molecule has 2 aromatic carbocycles. The molecule has 0 aliphatic heterocycles. The summed E-state index contributed by atoms with van der Waals surface area (Å²) in [6.45, 7) is 2.46. The Morgan fingerprint density at radius 1 is 0.952 bits per heavy atom. The molecule has 4 nitrogen and oxygen atoms in total. The highest BCUT2D eigenvalue weighted by Crippen LogP contribution is 2.17. The van der Waals surface area contributed by atoms with Crippen molar-refractivity contribution in [1.29, 1.82) is 0 Å². The predicted octanol–water partition coefficient (Wildman–Crippen LogP) is 2.72. The standard InChI is InChI=1S/C16H16O4S/c1-3-20-14-8-4-12(5-9-14)16(17)13-6-10-15(11-7-13)21(2,18)19/h4-11H,3H2,1-2H3. The summed E-state index contributed by atoms with van der Waals surface area (Å²) >= 11 is 0. The number of carbonyl (C=O) groups is 1. The zero-order valence-electron chi connectivity index (χ0n) is 11.9. The van der Waals surface area contributed by atoms with Crippen molar-refractivity contribution in [3.8, 4) is 5.75 Å². The second-order valence-electron chi connectivity index (χ2n) is 4.58. The molecular weight excluding hydrogens is 288 g/mol. The minimum Gasteiger partial charge on any atom is -0.494 e. The normalized spacial score (nSPS) is 11.1. The van der Waals surface area contributed by atoms with Gasteiger partial charge in [-0.05, 0) is 55.5 Å². The summed E-state index contributed by atoms with van der Waals surface area (Å²) in [4.78, 5) is 12.5. The van der Waals surface area contributed by atoms with E-state index in [-0.39, 0.29) is 10.7 Å². The Morgan fingerprint density at radius 3 is 1.86 bits per heavy atom. The van der Waals surface area contributed by atoms with Gasteiger partial charge in [0, 0.05) is 17.4 Å². The molecule has 0 bridgehead atoms. The molecule has 0 saturated carbocycles. The lowest BCUT2D eigenvalue weighted by Gasteiger charge is -2.05. The van der Waals surface area contributed by atoms with Crippen LogP contribution in [0.5, 0.6) is 5.75 Å². The van der Waals surface area contributed by atoms with Gasteiger partial charge in [-0.2, -0.15) is 0 Å². The number of sulfone groups is 1. The van der Waals surface area contributed by atoms with Gasteiger partial charge in [-0.1, -0.05) is 0 Å². The highest BCUT2D eigenvalue weighted by atomic mass is 32.2. The summed E-state index contributed by atoms with van der Waals surface area (Å²) in [7, 11) is -3.25. The second-order valence-corrected chi connectivity index (χ2v) is 6.60. The van der Waals surface area contributed by atoms with Gasteiger partial charge in [0.15, 0.2) is 15.6 Å². The van der Waals surface area contributed by atoms with Gasteiger partial charge < -0.3 is 4.74 Å². The number of benzene rings is 2. The van der Waals surface area contributed by atoms with Gasteiger partial charge in [0.1, 0.15) is 5.75 Å². The van der Waals surface area contributed by atoms with Crippen molar-refractivity contribution < 1.29 is 17.9 Å². The molecule has 0 atom stereocenters. The highest BCUT2D eigenvalue weighted by Gasteiger charge is 2.11. The van der Waals surface area contributed by atoms with Crippen LogP contribution in [-0.4, -0.2) is 27.1 Å². The molecule has 0 fully saturated rings. The third-order valence-electron chi connectivity index (χ3n) is 2.97. The maximum absolute atomic E-state index is 12.3. The summed E-state index contributed by atoms with van der Waals surface area (Å²) in [5.74, 6) is 0.555. The molecule has 0 spiro atoms. The molecule has 2 rings (SSSR count). The first-order chi connectivity index (χ1) is 9.91. The van der Waals surface area contributed by atoms with Crippen molar-refractivity contribution in [2.45, 2.75) is 11.8 Å². The number of hydrogen-bond donors (Lipinski definition) is 0. The van der Waals surface area contributed by atoms with Crippen LogP contribution in [0.4, 0.5) is 0 Å². The zero-order valence-corrected chi connectivity index (χ0v) is 12.7. The average molecular weight is 304 g/mol. The summed E-state index contributed by atoms with van der Waals surface area (Å²) in [6.07, 6.45) is 1.14. The van der Waals surface area contributed by atoms with E-state index in [0.717, 1.165) is 6.26 Å². The van der Waals surface area contributed by atoms with Crippen molar-refractivity contribution in [2.24, 2.45) is 0 Å². The van der Waals surface area contributed by atoms with Crippen LogP contribution in [0.2, 0.25) is 0 Å². The molecule has 2 aromatic rings. The quantitative estimate of drug-likeness (QED) is 0.797. The van der Waals surface area contributed by atoms with E-state index in [1.54, 1.807) is 24.3 Å². The molecule has 0 aliphatic rings. The fraction of sp³-hybridized carbons (Fsp3) is 0.188. The second kappa shape index (κ2) is 6.10. The van der Waals surface area contributed by atoms with Crippen LogP contribution in [0.3, 0.4) is 0 Å². The van der Waals surface area contributed by atoms with E-state index in [0.29, 0.717) is 23.5 Å². The Hall–Kier alpha value is -2.14. The Labute approximate surface area is 124 Å². The van der Waals surface area contributed by atoms with E-state index in [2.05, 4.69) is 0 Å². The van der Waals surface area contributed by atoms with Gasteiger partial charge in [0.2, 0.25) is 0 Å². The molecule has 0 radical (unpaired) electrons. The maximum Gasteiger partial charge on any atom is 0.193 e. The fourth-order valence-electron chi connectivity index (χ4n) is 1.89. The van der Waals surface area contributed by atoms with Crippen molar-refractivity contribution in [3.63, 3.8) is 0 Å². The van der Waals surface area contributed by atoms with E-state index < -0.39 is 9.84 Å². The number of carbonyl (C=O) groups excluding carboxylic acids is 1. The van der Waals surface area contributed by atoms with Gasteiger partial charge in [-0.15, -0.1) is 0 Å². The number of ether oxygens (including phenoxy) is 1. The third kappa shape index (κ3) is 3.70. The van der Waals surface area contributed by atoms with E-state index in [1.807, 2.05) is 6.92 Å². The van der Waals surface area contributed by atoms with Crippen LogP contribution in [0.1, 0.15) is 22.8 Å². The average Bonchev–Trinajstić information content (AvgIpc) is 2.47. The van der Waals surface area contributed by atoms with E-state index in [9.17, 15) is 13.2 Å². The summed E-state index contributed by atoms with van der Waals surface area (Å²) in [6, 6.07) is 12.8. The number of hydrogen-bond acceptors (Lipinski definition) is 4. The van der Waals surface area contributed by atoms with Gasteiger partial charge in [-0.3, -0.25) is 4.79 Å². The van der Waals surface area contributed by atoms with Gasteiger partial charge in [0.25, 0.3) is 0 Å². The Bertz CT molecular complexity index is 729. The smallest absolute Gasteiger partial charge is 0.193 e.